The molecule has 0 radical (unpaired) electrons. The Morgan fingerprint density at radius 3 is 2.57 bits per heavy atom. The number of sulfone groups is 1. The minimum Gasteiger partial charge on any atom is -0.373 e. The third-order valence-corrected chi connectivity index (χ3v) is 6.77. The Morgan fingerprint density at radius 1 is 1.22 bits per heavy atom. The second-order valence-electron chi connectivity index (χ2n) is 6.78. The summed E-state index contributed by atoms with van der Waals surface area (Å²) in [6.45, 7) is 2.97. The predicted molar refractivity (Wildman–Crippen MR) is 92.7 cm³/mol. The number of amides is 1. The Balaban J connectivity index is 1.85. The lowest BCUT2D eigenvalue weighted by Crippen LogP contribution is -2.39. The van der Waals surface area contributed by atoms with E-state index < -0.39 is 9.84 Å². The molecule has 1 saturated heterocycles. The maximum absolute atomic E-state index is 12.9. The van der Waals surface area contributed by atoms with Gasteiger partial charge in [-0.2, -0.15) is 0 Å². The van der Waals surface area contributed by atoms with Gasteiger partial charge >= 0.3 is 0 Å². The van der Waals surface area contributed by atoms with Crippen molar-refractivity contribution in [3.8, 4) is 0 Å². The van der Waals surface area contributed by atoms with Crippen LogP contribution >= 0.6 is 0 Å². The van der Waals surface area contributed by atoms with Gasteiger partial charge < -0.3 is 9.80 Å². The summed E-state index contributed by atoms with van der Waals surface area (Å²) in [5.41, 5.74) is 2.00. The van der Waals surface area contributed by atoms with Gasteiger partial charge in [-0.1, -0.05) is 12.1 Å². The molecule has 0 bridgehead atoms. The van der Waals surface area contributed by atoms with Crippen LogP contribution in [0.1, 0.15) is 26.2 Å². The summed E-state index contributed by atoms with van der Waals surface area (Å²) >= 11 is 0. The number of hydrogen-bond donors (Lipinski definition) is 0. The fourth-order valence-corrected chi connectivity index (χ4v) is 5.48. The first-order valence-electron chi connectivity index (χ1n) is 8.20. The maximum atomic E-state index is 12.9. The lowest BCUT2D eigenvalue weighted by Gasteiger charge is -2.29. The molecule has 1 aromatic rings. The van der Waals surface area contributed by atoms with E-state index >= 15 is 0 Å². The maximum Gasteiger partial charge on any atom is 0.227 e. The number of para-hydroxylation sites is 2. The molecule has 0 spiro atoms. The largest absolute Gasteiger partial charge is 0.373 e. The van der Waals surface area contributed by atoms with Gasteiger partial charge in [-0.15, -0.1) is 0 Å². The number of carbonyl (C=O) groups excluding carboxylic acids is 1. The fourth-order valence-electron chi connectivity index (χ4n) is 3.62. The van der Waals surface area contributed by atoms with Gasteiger partial charge in [-0.05, 0) is 37.8 Å². The van der Waals surface area contributed by atoms with Crippen LogP contribution in [0, 0.1) is 5.92 Å². The summed E-state index contributed by atoms with van der Waals surface area (Å²) in [4.78, 5) is 17.0. The smallest absolute Gasteiger partial charge is 0.227 e. The summed E-state index contributed by atoms with van der Waals surface area (Å²) in [5.74, 6) is 0.387. The Labute approximate surface area is 138 Å². The number of fused-ring (bicyclic) bond motifs is 1. The molecule has 126 valence electrons. The van der Waals surface area contributed by atoms with Crippen LogP contribution in [0.3, 0.4) is 0 Å². The Hall–Kier alpha value is -1.56. The third kappa shape index (κ3) is 3.37. The van der Waals surface area contributed by atoms with Gasteiger partial charge in [0.2, 0.25) is 5.91 Å². The van der Waals surface area contributed by atoms with Gasteiger partial charge in [-0.3, -0.25) is 4.79 Å². The van der Waals surface area contributed by atoms with Crippen molar-refractivity contribution in [1.29, 1.82) is 0 Å². The van der Waals surface area contributed by atoms with Gasteiger partial charge in [0.25, 0.3) is 0 Å². The molecular formula is C17H24N2O3S. The number of benzene rings is 1. The normalized spacial score (nSPS) is 26.7. The van der Waals surface area contributed by atoms with Crippen molar-refractivity contribution < 1.29 is 13.2 Å². The molecule has 3 rings (SSSR count). The zero-order chi connectivity index (χ0) is 16.6. The average Bonchev–Trinajstić information content (AvgIpc) is 2.77. The van der Waals surface area contributed by atoms with Crippen LogP contribution in [0.4, 0.5) is 11.4 Å². The molecule has 0 aromatic heterocycles. The van der Waals surface area contributed by atoms with Crippen molar-refractivity contribution in [3.63, 3.8) is 0 Å². The van der Waals surface area contributed by atoms with E-state index in [1.54, 1.807) is 0 Å². The quantitative estimate of drug-likeness (QED) is 0.830. The molecule has 0 unspecified atom stereocenters. The lowest BCUT2D eigenvalue weighted by atomic mass is 10.0. The zero-order valence-electron chi connectivity index (χ0n) is 13.7. The number of carbonyl (C=O) groups is 1. The molecule has 2 heterocycles. The number of nitrogens with zero attached hydrogens (tertiary/aromatic N) is 2. The van der Waals surface area contributed by atoms with E-state index in [2.05, 4.69) is 11.8 Å². The molecule has 5 nitrogen and oxygen atoms in total. The molecule has 23 heavy (non-hydrogen) atoms. The molecule has 1 amide bonds. The minimum atomic E-state index is -2.94. The van der Waals surface area contributed by atoms with E-state index in [1.165, 1.54) is 0 Å². The van der Waals surface area contributed by atoms with Gasteiger partial charge in [0, 0.05) is 26.1 Å². The zero-order valence-corrected chi connectivity index (χ0v) is 14.6. The van der Waals surface area contributed by atoms with E-state index in [1.807, 2.05) is 36.2 Å². The number of rotatable bonds is 2. The SMILES string of the molecule is C[C@@H]1CCN(C)c2ccccc2N1C(=O)C[C@H]1CCS(=O)(=O)C1. The highest BCUT2D eigenvalue weighted by Gasteiger charge is 2.33. The highest BCUT2D eigenvalue weighted by molar-refractivity contribution is 7.91. The van der Waals surface area contributed by atoms with Crippen molar-refractivity contribution >= 4 is 27.1 Å². The predicted octanol–water partition coefficient (Wildman–Crippen LogP) is 2.07. The summed E-state index contributed by atoms with van der Waals surface area (Å²) in [6.07, 6.45) is 1.83. The number of anilines is 2. The summed E-state index contributed by atoms with van der Waals surface area (Å²) < 4.78 is 23.3. The van der Waals surface area contributed by atoms with Gasteiger partial charge in [0.15, 0.2) is 9.84 Å². The second kappa shape index (κ2) is 6.15. The van der Waals surface area contributed by atoms with E-state index in [4.69, 9.17) is 0 Å². The standard InChI is InChI=1S/C17H24N2O3S/c1-13-7-9-18(2)15-5-3-4-6-16(15)19(13)17(20)11-14-8-10-23(21,22)12-14/h3-6,13-14H,7-12H2,1-2H3/t13-,14-/m1/s1. The Bertz CT molecular complexity index is 702. The molecule has 1 fully saturated rings. The highest BCUT2D eigenvalue weighted by atomic mass is 32.2. The highest BCUT2D eigenvalue weighted by Crippen LogP contribution is 2.35. The van der Waals surface area contributed by atoms with Gasteiger partial charge in [-0.25, -0.2) is 8.42 Å². The molecule has 2 aliphatic heterocycles. The molecule has 0 saturated carbocycles. The summed E-state index contributed by atoms with van der Waals surface area (Å²) in [5, 5.41) is 0. The molecular weight excluding hydrogens is 312 g/mol. The molecule has 2 aliphatic rings. The fraction of sp³-hybridized carbons (Fsp3) is 0.588. The molecule has 1 aromatic carbocycles. The van der Waals surface area contributed by atoms with Crippen LogP contribution < -0.4 is 9.80 Å². The van der Waals surface area contributed by atoms with Crippen molar-refractivity contribution in [1.82, 2.24) is 0 Å². The summed E-state index contributed by atoms with van der Waals surface area (Å²) in [6, 6.07) is 8.07. The van der Waals surface area contributed by atoms with Crippen LogP contribution in [0.2, 0.25) is 0 Å². The van der Waals surface area contributed by atoms with E-state index in [0.717, 1.165) is 24.3 Å². The van der Waals surface area contributed by atoms with E-state index in [9.17, 15) is 13.2 Å². The molecule has 0 aliphatic carbocycles. The first-order valence-corrected chi connectivity index (χ1v) is 10.0. The Kier molecular flexibility index (Phi) is 4.36. The van der Waals surface area contributed by atoms with E-state index in [0.29, 0.717) is 12.8 Å². The Morgan fingerprint density at radius 2 is 1.91 bits per heavy atom. The van der Waals surface area contributed by atoms with Crippen molar-refractivity contribution in [3.05, 3.63) is 24.3 Å². The van der Waals surface area contributed by atoms with Gasteiger partial charge in [0.05, 0.1) is 22.9 Å². The van der Waals surface area contributed by atoms with Crippen molar-refractivity contribution in [2.45, 2.75) is 32.2 Å². The number of hydrogen-bond acceptors (Lipinski definition) is 4. The molecule has 2 atom stereocenters. The first-order chi connectivity index (χ1) is 10.9. The van der Waals surface area contributed by atoms with Crippen LogP contribution in [0.15, 0.2) is 24.3 Å². The first kappa shape index (κ1) is 16.3. The second-order valence-corrected chi connectivity index (χ2v) is 9.01. The third-order valence-electron chi connectivity index (χ3n) is 4.93. The van der Waals surface area contributed by atoms with Crippen molar-refractivity contribution in [2.75, 3.05) is 34.9 Å². The molecule has 0 N–H and O–H groups in total. The van der Waals surface area contributed by atoms with Crippen LogP contribution in [0.25, 0.3) is 0 Å². The van der Waals surface area contributed by atoms with Crippen molar-refractivity contribution in [2.24, 2.45) is 5.92 Å². The average molecular weight is 336 g/mol. The van der Waals surface area contributed by atoms with Gasteiger partial charge in [0.1, 0.15) is 0 Å². The monoisotopic (exact) mass is 336 g/mol. The summed E-state index contributed by atoms with van der Waals surface area (Å²) in [7, 11) is -0.896. The molecule has 6 heteroatoms. The topological polar surface area (TPSA) is 57.7 Å². The van der Waals surface area contributed by atoms with E-state index in [-0.39, 0.29) is 29.4 Å². The van der Waals surface area contributed by atoms with Crippen LogP contribution in [0.5, 0.6) is 0 Å². The van der Waals surface area contributed by atoms with Crippen LogP contribution in [-0.4, -0.2) is 45.5 Å². The lowest BCUT2D eigenvalue weighted by molar-refractivity contribution is -0.119. The van der Waals surface area contributed by atoms with Crippen LogP contribution in [-0.2, 0) is 14.6 Å². The minimum absolute atomic E-state index is 0.0344.